The van der Waals surface area contributed by atoms with Gasteiger partial charge in [0.25, 0.3) is 0 Å². The van der Waals surface area contributed by atoms with Crippen molar-refractivity contribution in [2.24, 2.45) is 0 Å². The van der Waals surface area contributed by atoms with Gasteiger partial charge in [-0.2, -0.15) is 5.26 Å². The standard InChI is InChI=1S/C10H14N4/c1-2-12-6-7-13-10-5-3-4-9(8-11)14-10/h3-5,12H,2,6-7H2,1H3,(H,13,14). The minimum atomic E-state index is 0.443. The van der Waals surface area contributed by atoms with Crippen molar-refractivity contribution < 1.29 is 0 Å². The predicted molar refractivity (Wildman–Crippen MR) is 56.0 cm³/mol. The zero-order valence-corrected chi connectivity index (χ0v) is 8.25. The first-order valence-electron chi connectivity index (χ1n) is 4.68. The molecule has 1 heterocycles. The van der Waals surface area contributed by atoms with Gasteiger partial charge in [-0.15, -0.1) is 0 Å². The van der Waals surface area contributed by atoms with Crippen LogP contribution >= 0.6 is 0 Å². The Balaban J connectivity index is 2.39. The Bertz CT molecular complexity index is 316. The van der Waals surface area contributed by atoms with Gasteiger partial charge < -0.3 is 10.6 Å². The van der Waals surface area contributed by atoms with Crippen LogP contribution in [0, 0.1) is 11.3 Å². The molecule has 74 valence electrons. The first-order chi connectivity index (χ1) is 6.86. The van der Waals surface area contributed by atoms with Crippen LogP contribution in [0.25, 0.3) is 0 Å². The molecule has 0 amide bonds. The second kappa shape index (κ2) is 5.95. The molecular formula is C10H14N4. The van der Waals surface area contributed by atoms with Gasteiger partial charge in [0.05, 0.1) is 0 Å². The van der Waals surface area contributed by atoms with Crippen molar-refractivity contribution in [1.82, 2.24) is 10.3 Å². The van der Waals surface area contributed by atoms with Crippen molar-refractivity contribution in [3.8, 4) is 6.07 Å². The van der Waals surface area contributed by atoms with E-state index in [4.69, 9.17) is 5.26 Å². The summed E-state index contributed by atoms with van der Waals surface area (Å²) in [6.45, 7) is 4.74. The molecule has 0 saturated carbocycles. The molecule has 4 nitrogen and oxygen atoms in total. The maximum atomic E-state index is 8.62. The monoisotopic (exact) mass is 190 g/mol. The number of rotatable bonds is 5. The van der Waals surface area contributed by atoms with Crippen LogP contribution in [0.2, 0.25) is 0 Å². The smallest absolute Gasteiger partial charge is 0.142 e. The zero-order valence-electron chi connectivity index (χ0n) is 8.25. The Labute approximate surface area is 84.0 Å². The minimum absolute atomic E-state index is 0.443. The van der Waals surface area contributed by atoms with Crippen molar-refractivity contribution in [3.63, 3.8) is 0 Å². The van der Waals surface area contributed by atoms with E-state index in [1.165, 1.54) is 0 Å². The third-order valence-electron chi connectivity index (χ3n) is 1.72. The van der Waals surface area contributed by atoms with Crippen molar-refractivity contribution in [2.75, 3.05) is 25.0 Å². The van der Waals surface area contributed by atoms with Gasteiger partial charge in [0.2, 0.25) is 0 Å². The van der Waals surface area contributed by atoms with Crippen molar-refractivity contribution in [3.05, 3.63) is 23.9 Å². The number of nitrogens with zero attached hydrogens (tertiary/aromatic N) is 2. The van der Waals surface area contributed by atoms with Gasteiger partial charge in [-0.25, -0.2) is 4.98 Å². The quantitative estimate of drug-likeness (QED) is 0.679. The summed E-state index contributed by atoms with van der Waals surface area (Å²) in [6.07, 6.45) is 0. The van der Waals surface area contributed by atoms with E-state index in [1.54, 1.807) is 6.07 Å². The minimum Gasteiger partial charge on any atom is -0.369 e. The largest absolute Gasteiger partial charge is 0.369 e. The molecule has 0 aromatic carbocycles. The van der Waals surface area contributed by atoms with Gasteiger partial charge in [-0.1, -0.05) is 13.0 Å². The molecule has 0 saturated heterocycles. The molecular weight excluding hydrogens is 176 g/mol. The molecule has 1 rings (SSSR count). The highest BCUT2D eigenvalue weighted by atomic mass is 15.0. The maximum absolute atomic E-state index is 8.62. The molecule has 4 heteroatoms. The third-order valence-corrected chi connectivity index (χ3v) is 1.72. The number of pyridine rings is 1. The zero-order chi connectivity index (χ0) is 10.2. The van der Waals surface area contributed by atoms with E-state index in [1.807, 2.05) is 18.2 Å². The van der Waals surface area contributed by atoms with Gasteiger partial charge in [-0.05, 0) is 18.7 Å². The topological polar surface area (TPSA) is 60.7 Å². The summed E-state index contributed by atoms with van der Waals surface area (Å²) >= 11 is 0. The molecule has 2 N–H and O–H groups in total. The lowest BCUT2D eigenvalue weighted by Gasteiger charge is -2.05. The van der Waals surface area contributed by atoms with Gasteiger partial charge in [0.15, 0.2) is 0 Å². The Kier molecular flexibility index (Phi) is 4.45. The molecule has 0 aliphatic heterocycles. The molecule has 1 aromatic heterocycles. The number of hydrogen-bond donors (Lipinski definition) is 2. The summed E-state index contributed by atoms with van der Waals surface area (Å²) in [5, 5.41) is 14.9. The van der Waals surface area contributed by atoms with Gasteiger partial charge >= 0.3 is 0 Å². The summed E-state index contributed by atoms with van der Waals surface area (Å²) in [5.74, 6) is 0.752. The Morgan fingerprint density at radius 2 is 2.29 bits per heavy atom. The van der Waals surface area contributed by atoms with E-state index in [0.717, 1.165) is 25.5 Å². The fourth-order valence-corrected chi connectivity index (χ4v) is 1.05. The van der Waals surface area contributed by atoms with Crippen LogP contribution in [0.1, 0.15) is 12.6 Å². The molecule has 0 fully saturated rings. The van der Waals surface area contributed by atoms with Crippen LogP contribution in [0.4, 0.5) is 5.82 Å². The SMILES string of the molecule is CCNCCNc1cccc(C#N)n1. The molecule has 0 spiro atoms. The first-order valence-corrected chi connectivity index (χ1v) is 4.68. The molecule has 1 aromatic rings. The van der Waals surface area contributed by atoms with Crippen molar-refractivity contribution in [2.45, 2.75) is 6.92 Å². The van der Waals surface area contributed by atoms with Crippen LogP contribution in [0.5, 0.6) is 0 Å². The highest BCUT2D eigenvalue weighted by Gasteiger charge is 1.94. The average Bonchev–Trinajstić information content (AvgIpc) is 2.25. The fourth-order valence-electron chi connectivity index (χ4n) is 1.05. The summed E-state index contributed by atoms with van der Waals surface area (Å²) in [7, 11) is 0. The van der Waals surface area contributed by atoms with Crippen LogP contribution in [-0.4, -0.2) is 24.6 Å². The van der Waals surface area contributed by atoms with E-state index in [9.17, 15) is 0 Å². The summed E-state index contributed by atoms with van der Waals surface area (Å²) in [6, 6.07) is 7.37. The number of anilines is 1. The van der Waals surface area contributed by atoms with E-state index < -0.39 is 0 Å². The lowest BCUT2D eigenvalue weighted by Crippen LogP contribution is -2.21. The first kappa shape index (κ1) is 10.5. The number of likely N-dealkylation sites (N-methyl/N-ethyl adjacent to an activating group) is 1. The summed E-state index contributed by atoms with van der Waals surface area (Å²) < 4.78 is 0. The molecule has 14 heavy (non-hydrogen) atoms. The predicted octanol–water partition coefficient (Wildman–Crippen LogP) is 0.975. The van der Waals surface area contributed by atoms with E-state index >= 15 is 0 Å². The highest BCUT2D eigenvalue weighted by Crippen LogP contribution is 2.02. The number of nitrogens with one attached hydrogen (secondary N) is 2. The number of aromatic nitrogens is 1. The van der Waals surface area contributed by atoms with Gasteiger partial charge in [-0.3, -0.25) is 0 Å². The Morgan fingerprint density at radius 1 is 1.43 bits per heavy atom. The third kappa shape index (κ3) is 3.42. The Hall–Kier alpha value is -1.60. The maximum Gasteiger partial charge on any atom is 0.142 e. The second-order valence-electron chi connectivity index (χ2n) is 2.80. The molecule has 0 aliphatic rings. The van der Waals surface area contributed by atoms with Crippen LogP contribution < -0.4 is 10.6 Å². The molecule has 0 unspecified atom stereocenters. The van der Waals surface area contributed by atoms with Gasteiger partial charge in [0, 0.05) is 13.1 Å². The van der Waals surface area contributed by atoms with E-state index in [2.05, 4.69) is 22.5 Å². The fraction of sp³-hybridized carbons (Fsp3) is 0.400. The average molecular weight is 190 g/mol. The molecule has 0 aliphatic carbocycles. The normalized spacial score (nSPS) is 9.43. The van der Waals surface area contributed by atoms with Crippen LogP contribution in [-0.2, 0) is 0 Å². The summed E-state index contributed by atoms with van der Waals surface area (Å²) in [5.41, 5.74) is 0.443. The van der Waals surface area contributed by atoms with E-state index in [-0.39, 0.29) is 0 Å². The molecule has 0 radical (unpaired) electrons. The van der Waals surface area contributed by atoms with Crippen molar-refractivity contribution >= 4 is 5.82 Å². The lowest BCUT2D eigenvalue weighted by atomic mass is 10.3. The molecule has 0 bridgehead atoms. The number of nitriles is 1. The second-order valence-corrected chi connectivity index (χ2v) is 2.80. The van der Waals surface area contributed by atoms with Crippen molar-refractivity contribution in [1.29, 1.82) is 5.26 Å². The molecule has 0 atom stereocenters. The number of hydrogen-bond acceptors (Lipinski definition) is 4. The highest BCUT2D eigenvalue weighted by molar-refractivity contribution is 5.38. The summed E-state index contributed by atoms with van der Waals surface area (Å²) in [4.78, 5) is 4.09. The van der Waals surface area contributed by atoms with E-state index in [0.29, 0.717) is 5.69 Å². The van der Waals surface area contributed by atoms with Crippen LogP contribution in [0.3, 0.4) is 0 Å². The Morgan fingerprint density at radius 3 is 3.00 bits per heavy atom. The van der Waals surface area contributed by atoms with Crippen LogP contribution in [0.15, 0.2) is 18.2 Å². The lowest BCUT2D eigenvalue weighted by molar-refractivity contribution is 0.738. The van der Waals surface area contributed by atoms with Gasteiger partial charge in [0.1, 0.15) is 17.6 Å².